The normalized spacial score (nSPS) is 19.3. The van der Waals surface area contributed by atoms with Gasteiger partial charge in [-0.15, -0.1) is 0 Å². The molecule has 1 fully saturated rings. The number of aromatic nitrogens is 3. The molecule has 3 atom stereocenters. The maximum Gasteiger partial charge on any atom is 0.251 e. The van der Waals surface area contributed by atoms with Crippen LogP contribution in [0.1, 0.15) is 35.5 Å². The first-order chi connectivity index (χ1) is 19.5. The second-order valence-corrected chi connectivity index (χ2v) is 13.1. The van der Waals surface area contributed by atoms with E-state index in [0.717, 1.165) is 47.5 Å². The Morgan fingerprint density at radius 1 is 1.02 bits per heavy atom. The number of nitrogens with one attached hydrogen (secondary N) is 1. The summed E-state index contributed by atoms with van der Waals surface area (Å²) in [6.45, 7) is 8.12. The Kier molecular flexibility index (Phi) is 8.06. The molecule has 41 heavy (non-hydrogen) atoms. The molecule has 1 saturated heterocycles. The minimum Gasteiger partial charge on any atom is -0.396 e. The van der Waals surface area contributed by atoms with Crippen molar-refractivity contribution in [3.63, 3.8) is 0 Å². The Labute approximate surface area is 240 Å². The van der Waals surface area contributed by atoms with Crippen LogP contribution in [0.2, 0.25) is 0 Å². The van der Waals surface area contributed by atoms with Crippen LogP contribution in [-0.4, -0.2) is 60.3 Å². The van der Waals surface area contributed by atoms with Gasteiger partial charge in [-0.1, -0.05) is 26.0 Å². The second kappa shape index (κ2) is 11.5. The van der Waals surface area contributed by atoms with Crippen molar-refractivity contribution < 1.29 is 18.3 Å². The molecule has 2 N–H and O–H groups in total. The molecule has 1 amide bonds. The van der Waals surface area contributed by atoms with Gasteiger partial charge in [-0.2, -0.15) is 0 Å². The van der Waals surface area contributed by atoms with Crippen LogP contribution in [0.3, 0.4) is 0 Å². The molecule has 214 valence electrons. The van der Waals surface area contributed by atoms with Gasteiger partial charge < -0.3 is 15.3 Å². The van der Waals surface area contributed by atoms with Gasteiger partial charge in [-0.3, -0.25) is 9.78 Å². The number of carbonyl (C=O) groups is 1. The van der Waals surface area contributed by atoms with E-state index in [9.17, 15) is 18.3 Å². The number of amides is 1. The van der Waals surface area contributed by atoms with Crippen LogP contribution in [0, 0.1) is 24.7 Å². The van der Waals surface area contributed by atoms with Crippen LogP contribution in [0.5, 0.6) is 0 Å². The number of benzene rings is 1. The lowest BCUT2D eigenvalue weighted by Crippen LogP contribution is -2.46. The molecule has 4 aromatic rings. The van der Waals surface area contributed by atoms with Gasteiger partial charge in [0.25, 0.3) is 5.91 Å². The molecule has 4 heterocycles. The Balaban J connectivity index is 1.33. The van der Waals surface area contributed by atoms with Gasteiger partial charge in [0.1, 0.15) is 5.82 Å². The molecule has 0 spiro atoms. The molecule has 0 bridgehead atoms. The number of aliphatic hydroxyl groups excluding tert-OH is 1. The number of piperidine rings is 1. The summed E-state index contributed by atoms with van der Waals surface area (Å²) in [4.78, 5) is 29.4. The molecule has 10 heteroatoms. The van der Waals surface area contributed by atoms with Gasteiger partial charge >= 0.3 is 0 Å². The molecule has 0 radical (unpaired) electrons. The SMILES string of the molecule is Cc1ccc(C(=O)NCc2cc3nc(-c4cccc(N5C[C@@H](C)C(CO)[C@@H](C)C5)n4)ccc3cn2)cc1S(C)(=O)=O. The Morgan fingerprint density at radius 2 is 1.76 bits per heavy atom. The summed E-state index contributed by atoms with van der Waals surface area (Å²) >= 11 is 0. The fourth-order valence-corrected chi connectivity index (χ4v) is 6.60. The van der Waals surface area contributed by atoms with Gasteiger partial charge in [0.2, 0.25) is 0 Å². The number of nitrogens with zero attached hydrogens (tertiary/aromatic N) is 4. The van der Waals surface area contributed by atoms with Crippen molar-refractivity contribution in [3.8, 4) is 11.4 Å². The molecule has 1 aliphatic heterocycles. The summed E-state index contributed by atoms with van der Waals surface area (Å²) in [6.07, 6.45) is 2.85. The summed E-state index contributed by atoms with van der Waals surface area (Å²) in [7, 11) is -3.44. The van der Waals surface area contributed by atoms with Crippen molar-refractivity contribution in [1.82, 2.24) is 20.3 Å². The zero-order valence-corrected chi connectivity index (χ0v) is 24.5. The first kappa shape index (κ1) is 28.6. The molecule has 3 aromatic heterocycles. The topological polar surface area (TPSA) is 125 Å². The fraction of sp³-hybridized carbons (Fsp3) is 0.355. The molecule has 0 saturated carbocycles. The lowest BCUT2D eigenvalue weighted by Gasteiger charge is -2.41. The summed E-state index contributed by atoms with van der Waals surface area (Å²) < 4.78 is 24.1. The van der Waals surface area contributed by atoms with E-state index in [-0.39, 0.29) is 29.5 Å². The number of rotatable bonds is 7. The molecular weight excluding hydrogens is 538 g/mol. The Hall–Kier alpha value is -3.89. The quantitative estimate of drug-likeness (QED) is 0.340. The third-order valence-corrected chi connectivity index (χ3v) is 9.16. The number of sulfone groups is 1. The number of aliphatic hydroxyl groups is 1. The van der Waals surface area contributed by atoms with Crippen LogP contribution in [-0.2, 0) is 16.4 Å². The van der Waals surface area contributed by atoms with Crippen LogP contribution in [0.25, 0.3) is 22.3 Å². The first-order valence-corrected chi connectivity index (χ1v) is 15.6. The predicted molar refractivity (Wildman–Crippen MR) is 159 cm³/mol. The van der Waals surface area contributed by atoms with Crippen molar-refractivity contribution >= 4 is 32.5 Å². The first-order valence-electron chi connectivity index (χ1n) is 13.7. The standard InChI is InChI=1S/C31H35N5O4S/c1-19-8-9-22(12-29(19)41(4,39)40)31(38)33-15-24-13-28-23(14-32-24)10-11-27(34-28)26-6-5-7-30(35-26)36-16-20(2)25(18-37)21(3)17-36/h5-14,20-21,25,37H,15-18H2,1-4H3,(H,33,38)/t20-,21+,25?. The highest BCUT2D eigenvalue weighted by atomic mass is 32.2. The monoisotopic (exact) mass is 573 g/mol. The highest BCUT2D eigenvalue weighted by Gasteiger charge is 2.32. The van der Waals surface area contributed by atoms with Gasteiger partial charge in [0.15, 0.2) is 9.84 Å². The maximum absolute atomic E-state index is 12.8. The van der Waals surface area contributed by atoms with Crippen molar-refractivity contribution in [1.29, 1.82) is 0 Å². The van der Waals surface area contributed by atoms with E-state index in [4.69, 9.17) is 9.97 Å². The number of anilines is 1. The summed E-state index contributed by atoms with van der Waals surface area (Å²) in [6, 6.07) is 16.3. The van der Waals surface area contributed by atoms with Gasteiger partial charge in [0.05, 0.1) is 34.0 Å². The fourth-order valence-electron chi connectivity index (χ4n) is 5.60. The van der Waals surface area contributed by atoms with E-state index in [1.165, 1.54) is 6.07 Å². The smallest absolute Gasteiger partial charge is 0.251 e. The molecule has 9 nitrogen and oxygen atoms in total. The minimum absolute atomic E-state index is 0.141. The third kappa shape index (κ3) is 6.23. The number of carbonyl (C=O) groups excluding carboxylic acids is 1. The summed E-state index contributed by atoms with van der Waals surface area (Å²) in [5.74, 6) is 1.55. The minimum atomic E-state index is -3.44. The number of hydrogen-bond donors (Lipinski definition) is 2. The van der Waals surface area contributed by atoms with E-state index in [0.29, 0.717) is 29.0 Å². The van der Waals surface area contributed by atoms with E-state index in [1.54, 1.807) is 25.3 Å². The van der Waals surface area contributed by atoms with Crippen molar-refractivity contribution in [2.24, 2.45) is 17.8 Å². The lowest BCUT2D eigenvalue weighted by molar-refractivity contribution is 0.0950. The zero-order chi connectivity index (χ0) is 29.3. The number of fused-ring (bicyclic) bond motifs is 1. The molecular formula is C31H35N5O4S. The van der Waals surface area contributed by atoms with Crippen LogP contribution in [0.15, 0.2) is 65.7 Å². The maximum atomic E-state index is 12.8. The van der Waals surface area contributed by atoms with Crippen LogP contribution < -0.4 is 10.2 Å². The van der Waals surface area contributed by atoms with Crippen molar-refractivity contribution in [2.45, 2.75) is 32.2 Å². The molecule has 5 rings (SSSR count). The molecule has 1 unspecified atom stereocenters. The highest BCUT2D eigenvalue weighted by Crippen LogP contribution is 2.31. The van der Waals surface area contributed by atoms with Crippen LogP contribution >= 0.6 is 0 Å². The van der Waals surface area contributed by atoms with Gasteiger partial charge in [-0.25, -0.2) is 18.4 Å². The largest absolute Gasteiger partial charge is 0.396 e. The zero-order valence-electron chi connectivity index (χ0n) is 23.7. The molecule has 1 aliphatic rings. The van der Waals surface area contributed by atoms with E-state index in [1.807, 2.05) is 36.4 Å². The van der Waals surface area contributed by atoms with Crippen LogP contribution in [0.4, 0.5) is 5.82 Å². The lowest BCUT2D eigenvalue weighted by atomic mass is 9.80. The van der Waals surface area contributed by atoms with Gasteiger partial charge in [-0.05, 0) is 72.7 Å². The van der Waals surface area contributed by atoms with E-state index in [2.05, 4.69) is 29.0 Å². The average Bonchev–Trinajstić information content (AvgIpc) is 2.95. The third-order valence-electron chi connectivity index (χ3n) is 7.92. The Morgan fingerprint density at radius 3 is 2.46 bits per heavy atom. The van der Waals surface area contributed by atoms with E-state index >= 15 is 0 Å². The number of hydrogen-bond acceptors (Lipinski definition) is 8. The molecule has 1 aromatic carbocycles. The van der Waals surface area contributed by atoms with Crippen molar-refractivity contribution in [2.75, 3.05) is 30.9 Å². The van der Waals surface area contributed by atoms with Gasteiger partial charge in [0, 0.05) is 43.1 Å². The Bertz CT molecular complexity index is 1700. The summed E-state index contributed by atoms with van der Waals surface area (Å²) in [5, 5.41) is 13.4. The number of pyridine rings is 3. The van der Waals surface area contributed by atoms with E-state index < -0.39 is 9.84 Å². The molecule has 0 aliphatic carbocycles. The second-order valence-electron chi connectivity index (χ2n) is 11.1. The predicted octanol–water partition coefficient (Wildman–Crippen LogP) is 4.03. The number of aryl methyl sites for hydroxylation is 1. The average molecular weight is 574 g/mol. The highest BCUT2D eigenvalue weighted by molar-refractivity contribution is 7.90. The summed E-state index contributed by atoms with van der Waals surface area (Å²) in [5.41, 5.74) is 3.73. The van der Waals surface area contributed by atoms with Crippen molar-refractivity contribution in [3.05, 3.63) is 77.6 Å².